The van der Waals surface area contributed by atoms with Gasteiger partial charge in [-0.25, -0.2) is 9.97 Å². The van der Waals surface area contributed by atoms with E-state index in [9.17, 15) is 0 Å². The normalized spacial score (nSPS) is 13.3. The average Bonchev–Trinajstić information content (AvgIpc) is 2.04. The summed E-state index contributed by atoms with van der Waals surface area (Å²) in [7, 11) is 0. The maximum atomic E-state index is 4.25. The second-order valence-electron chi connectivity index (χ2n) is 4.08. The van der Waals surface area contributed by atoms with Crippen molar-refractivity contribution in [2.24, 2.45) is 11.8 Å². The Morgan fingerprint density at radius 2 is 1.92 bits per heavy atom. The van der Waals surface area contributed by atoms with E-state index in [-0.39, 0.29) is 0 Å². The molecule has 0 saturated carbocycles. The van der Waals surface area contributed by atoms with Crippen LogP contribution in [0.15, 0.2) is 12.4 Å². The zero-order valence-electron chi connectivity index (χ0n) is 8.91. The first kappa shape index (κ1) is 10.2. The molecule has 0 aromatic carbocycles. The van der Waals surface area contributed by atoms with Crippen molar-refractivity contribution in [2.45, 2.75) is 34.1 Å². The molecule has 2 heteroatoms. The second kappa shape index (κ2) is 4.35. The summed E-state index contributed by atoms with van der Waals surface area (Å²) < 4.78 is 0. The van der Waals surface area contributed by atoms with Crippen molar-refractivity contribution in [1.82, 2.24) is 9.97 Å². The van der Waals surface area contributed by atoms with E-state index in [1.807, 2.05) is 6.92 Å². The molecule has 1 atom stereocenters. The highest BCUT2D eigenvalue weighted by atomic mass is 14.8. The number of aromatic nitrogens is 2. The monoisotopic (exact) mass is 178 g/mol. The first-order valence-electron chi connectivity index (χ1n) is 4.87. The summed E-state index contributed by atoms with van der Waals surface area (Å²) in [5, 5.41) is 0. The molecular formula is C11H18N2. The topological polar surface area (TPSA) is 25.8 Å². The molecule has 0 aliphatic heterocycles. The van der Waals surface area contributed by atoms with Gasteiger partial charge >= 0.3 is 0 Å². The summed E-state index contributed by atoms with van der Waals surface area (Å²) in [6.07, 6.45) is 2.71. The van der Waals surface area contributed by atoms with Crippen LogP contribution in [0.1, 0.15) is 32.2 Å². The number of nitrogens with zero attached hydrogens (tertiary/aromatic N) is 2. The van der Waals surface area contributed by atoms with Gasteiger partial charge < -0.3 is 0 Å². The van der Waals surface area contributed by atoms with E-state index < -0.39 is 0 Å². The third kappa shape index (κ3) is 3.13. The fourth-order valence-corrected chi connectivity index (χ4v) is 1.19. The van der Waals surface area contributed by atoms with Crippen molar-refractivity contribution >= 4 is 0 Å². The van der Waals surface area contributed by atoms with Gasteiger partial charge in [-0.3, -0.25) is 0 Å². The fraction of sp³-hybridized carbons (Fsp3) is 0.636. The van der Waals surface area contributed by atoms with Crippen molar-refractivity contribution in [3.05, 3.63) is 23.8 Å². The molecule has 72 valence electrons. The molecular weight excluding hydrogens is 160 g/mol. The Morgan fingerprint density at radius 1 is 1.23 bits per heavy atom. The van der Waals surface area contributed by atoms with E-state index >= 15 is 0 Å². The number of aryl methyl sites for hydroxylation is 1. The van der Waals surface area contributed by atoms with Crippen molar-refractivity contribution in [2.75, 3.05) is 0 Å². The molecule has 0 N–H and O–H groups in total. The SMILES string of the molecule is Cc1cc(CC(C)C(C)C)ncn1. The molecule has 1 heterocycles. The van der Waals surface area contributed by atoms with Gasteiger partial charge in [0.1, 0.15) is 6.33 Å². The Bertz CT molecular complexity index is 269. The zero-order valence-corrected chi connectivity index (χ0v) is 8.91. The molecule has 1 rings (SSSR count). The minimum Gasteiger partial charge on any atom is -0.242 e. The summed E-state index contributed by atoms with van der Waals surface area (Å²) in [6.45, 7) is 8.77. The lowest BCUT2D eigenvalue weighted by molar-refractivity contribution is 0.413. The van der Waals surface area contributed by atoms with E-state index in [4.69, 9.17) is 0 Å². The standard InChI is InChI=1S/C11H18N2/c1-8(2)9(3)5-11-6-10(4)12-7-13-11/h6-9H,5H2,1-4H3. The van der Waals surface area contributed by atoms with Gasteiger partial charge in [0, 0.05) is 11.4 Å². The zero-order chi connectivity index (χ0) is 9.84. The molecule has 0 amide bonds. The van der Waals surface area contributed by atoms with E-state index in [0.29, 0.717) is 5.92 Å². The van der Waals surface area contributed by atoms with Crippen LogP contribution in [0.5, 0.6) is 0 Å². The van der Waals surface area contributed by atoms with Crippen molar-refractivity contribution in [3.8, 4) is 0 Å². The molecule has 13 heavy (non-hydrogen) atoms. The minimum atomic E-state index is 0.689. The van der Waals surface area contributed by atoms with Gasteiger partial charge in [-0.1, -0.05) is 20.8 Å². The van der Waals surface area contributed by atoms with Crippen molar-refractivity contribution < 1.29 is 0 Å². The molecule has 1 aromatic rings. The molecule has 1 unspecified atom stereocenters. The Hall–Kier alpha value is -0.920. The molecule has 0 radical (unpaired) electrons. The highest BCUT2D eigenvalue weighted by molar-refractivity contribution is 5.06. The van der Waals surface area contributed by atoms with Gasteiger partial charge in [0.25, 0.3) is 0 Å². The third-order valence-electron chi connectivity index (χ3n) is 2.53. The Labute approximate surface area is 80.4 Å². The lowest BCUT2D eigenvalue weighted by Crippen LogP contribution is -2.08. The molecule has 0 spiro atoms. The van der Waals surface area contributed by atoms with Gasteiger partial charge in [-0.15, -0.1) is 0 Å². The second-order valence-corrected chi connectivity index (χ2v) is 4.08. The van der Waals surface area contributed by atoms with Crippen LogP contribution in [0.4, 0.5) is 0 Å². The maximum absolute atomic E-state index is 4.25. The van der Waals surface area contributed by atoms with Crippen LogP contribution in [-0.2, 0) is 6.42 Å². The molecule has 0 fully saturated rings. The van der Waals surface area contributed by atoms with Gasteiger partial charge in [0.2, 0.25) is 0 Å². The number of hydrogen-bond donors (Lipinski definition) is 0. The largest absolute Gasteiger partial charge is 0.242 e. The van der Waals surface area contributed by atoms with Gasteiger partial charge in [-0.2, -0.15) is 0 Å². The van der Waals surface area contributed by atoms with E-state index in [1.165, 1.54) is 0 Å². The van der Waals surface area contributed by atoms with Crippen LogP contribution in [0.25, 0.3) is 0 Å². The van der Waals surface area contributed by atoms with Crippen LogP contribution in [0, 0.1) is 18.8 Å². The van der Waals surface area contributed by atoms with Gasteiger partial charge in [0.15, 0.2) is 0 Å². The predicted molar refractivity (Wildman–Crippen MR) is 54.5 cm³/mol. The van der Waals surface area contributed by atoms with E-state index in [0.717, 1.165) is 23.7 Å². The predicted octanol–water partition coefficient (Wildman–Crippen LogP) is 2.62. The molecule has 0 aliphatic rings. The Balaban J connectivity index is 2.64. The Kier molecular flexibility index (Phi) is 3.40. The fourth-order valence-electron chi connectivity index (χ4n) is 1.19. The van der Waals surface area contributed by atoms with Gasteiger partial charge in [0.05, 0.1) is 0 Å². The first-order valence-corrected chi connectivity index (χ1v) is 4.87. The summed E-state index contributed by atoms with van der Waals surface area (Å²) in [4.78, 5) is 8.33. The smallest absolute Gasteiger partial charge is 0.115 e. The highest BCUT2D eigenvalue weighted by Crippen LogP contribution is 2.14. The van der Waals surface area contributed by atoms with E-state index in [1.54, 1.807) is 6.33 Å². The average molecular weight is 178 g/mol. The van der Waals surface area contributed by atoms with Crippen LogP contribution in [0.3, 0.4) is 0 Å². The van der Waals surface area contributed by atoms with Crippen molar-refractivity contribution in [1.29, 1.82) is 0 Å². The van der Waals surface area contributed by atoms with Gasteiger partial charge in [-0.05, 0) is 31.2 Å². The molecule has 0 aliphatic carbocycles. The lowest BCUT2D eigenvalue weighted by atomic mass is 9.93. The summed E-state index contributed by atoms with van der Waals surface area (Å²) >= 11 is 0. The maximum Gasteiger partial charge on any atom is 0.115 e. The summed E-state index contributed by atoms with van der Waals surface area (Å²) in [6, 6.07) is 2.07. The Morgan fingerprint density at radius 3 is 2.46 bits per heavy atom. The summed E-state index contributed by atoms with van der Waals surface area (Å²) in [5.74, 6) is 1.41. The highest BCUT2D eigenvalue weighted by Gasteiger charge is 2.08. The molecule has 0 bridgehead atoms. The van der Waals surface area contributed by atoms with Crippen LogP contribution in [-0.4, -0.2) is 9.97 Å². The first-order chi connectivity index (χ1) is 6.09. The van der Waals surface area contributed by atoms with Crippen LogP contribution in [0.2, 0.25) is 0 Å². The number of rotatable bonds is 3. The van der Waals surface area contributed by atoms with Crippen LogP contribution < -0.4 is 0 Å². The minimum absolute atomic E-state index is 0.689. The summed E-state index contributed by atoms with van der Waals surface area (Å²) in [5.41, 5.74) is 2.22. The third-order valence-corrected chi connectivity index (χ3v) is 2.53. The molecule has 1 aromatic heterocycles. The molecule has 0 saturated heterocycles. The van der Waals surface area contributed by atoms with E-state index in [2.05, 4.69) is 36.8 Å². The van der Waals surface area contributed by atoms with Crippen LogP contribution >= 0.6 is 0 Å². The molecule has 2 nitrogen and oxygen atoms in total. The lowest BCUT2D eigenvalue weighted by Gasteiger charge is -2.14. The number of hydrogen-bond acceptors (Lipinski definition) is 2. The van der Waals surface area contributed by atoms with Crippen molar-refractivity contribution in [3.63, 3.8) is 0 Å². The quantitative estimate of drug-likeness (QED) is 0.711.